The first-order valence-electron chi connectivity index (χ1n) is 6.74. The molecule has 1 aromatic rings. The lowest BCUT2D eigenvalue weighted by molar-refractivity contribution is -0.136. The lowest BCUT2D eigenvalue weighted by Crippen LogP contribution is -2.23. The maximum atomic E-state index is 10.9. The summed E-state index contributed by atoms with van der Waals surface area (Å²) in [5.74, 6) is -0.835. The minimum Gasteiger partial charge on any atom is -0.481 e. The van der Waals surface area contributed by atoms with Gasteiger partial charge in [0.05, 0.1) is 17.1 Å². The Morgan fingerprint density at radius 3 is 2.55 bits per heavy atom. The second kappa shape index (κ2) is 8.66. The number of aryl methyl sites for hydroxylation is 1. The molecule has 1 rings (SSSR count). The highest BCUT2D eigenvalue weighted by atomic mass is 32.1. The van der Waals surface area contributed by atoms with E-state index in [0.29, 0.717) is 12.2 Å². The van der Waals surface area contributed by atoms with Crippen LogP contribution in [0.1, 0.15) is 28.9 Å². The van der Waals surface area contributed by atoms with Gasteiger partial charge in [0.15, 0.2) is 0 Å². The van der Waals surface area contributed by atoms with E-state index in [1.54, 1.807) is 11.3 Å². The molecule has 0 atom stereocenters. The summed E-state index contributed by atoms with van der Waals surface area (Å²) in [5, 5.41) is 10.0. The van der Waals surface area contributed by atoms with Crippen LogP contribution in [0.3, 0.4) is 0 Å². The number of nitrogens with zero attached hydrogens (tertiary/aromatic N) is 2. The van der Waals surface area contributed by atoms with Gasteiger partial charge in [-0.3, -0.25) is 9.69 Å². The second-order valence-electron chi connectivity index (χ2n) is 4.57. The minimum absolute atomic E-state index is 0.00837. The summed E-state index contributed by atoms with van der Waals surface area (Å²) in [6.45, 7) is 11.8. The number of carbonyl (C=O) groups is 1. The lowest BCUT2D eigenvalue weighted by Gasteiger charge is -2.17. The molecule has 0 saturated carbocycles. The van der Waals surface area contributed by atoms with Gasteiger partial charge in [-0.2, -0.15) is 0 Å². The number of thiazole rings is 1. The Kier molecular flexibility index (Phi) is 7.18. The van der Waals surface area contributed by atoms with Crippen LogP contribution in [0, 0.1) is 0 Å². The number of hydrogen-bond acceptors (Lipinski definition) is 4. The van der Waals surface area contributed by atoms with E-state index in [4.69, 9.17) is 5.11 Å². The molecule has 20 heavy (non-hydrogen) atoms. The lowest BCUT2D eigenvalue weighted by atomic mass is 10.2. The van der Waals surface area contributed by atoms with E-state index in [0.717, 1.165) is 35.8 Å². The Balaban J connectivity index is 2.90. The van der Waals surface area contributed by atoms with E-state index in [1.807, 2.05) is 12.2 Å². The molecule has 0 amide bonds. The van der Waals surface area contributed by atoms with E-state index in [2.05, 4.69) is 30.0 Å². The van der Waals surface area contributed by atoms with Gasteiger partial charge in [-0.05, 0) is 12.8 Å². The van der Waals surface area contributed by atoms with Crippen molar-refractivity contribution in [3.8, 4) is 0 Å². The maximum absolute atomic E-state index is 10.9. The summed E-state index contributed by atoms with van der Waals surface area (Å²) in [5.41, 5.74) is 0.698. The van der Waals surface area contributed by atoms with Crippen LogP contribution in [0.25, 0.3) is 0 Å². The van der Waals surface area contributed by atoms with Crippen molar-refractivity contribution in [1.82, 2.24) is 9.88 Å². The van der Waals surface area contributed by atoms with Gasteiger partial charge in [0.2, 0.25) is 0 Å². The van der Waals surface area contributed by atoms with E-state index >= 15 is 0 Å². The van der Waals surface area contributed by atoms with Crippen LogP contribution in [0.2, 0.25) is 0 Å². The van der Waals surface area contributed by atoms with Crippen LogP contribution < -0.4 is 0 Å². The molecule has 0 aliphatic carbocycles. The van der Waals surface area contributed by atoms with Crippen LogP contribution in [-0.4, -0.2) is 34.0 Å². The first-order valence-corrected chi connectivity index (χ1v) is 7.55. The Bertz CT molecular complexity index is 458. The molecule has 0 unspecified atom stereocenters. The highest BCUT2D eigenvalue weighted by molar-refractivity contribution is 7.11. The molecule has 4 nitrogen and oxygen atoms in total. The monoisotopic (exact) mass is 294 g/mol. The zero-order valence-electron chi connectivity index (χ0n) is 12.0. The van der Waals surface area contributed by atoms with Crippen molar-refractivity contribution >= 4 is 17.3 Å². The van der Waals surface area contributed by atoms with Gasteiger partial charge in [-0.1, -0.05) is 19.1 Å². The predicted octanol–water partition coefficient (Wildman–Crippen LogP) is 2.90. The van der Waals surface area contributed by atoms with Gasteiger partial charge in [0.1, 0.15) is 0 Å². The van der Waals surface area contributed by atoms with Crippen LogP contribution in [0.5, 0.6) is 0 Å². The molecule has 0 fully saturated rings. The zero-order valence-corrected chi connectivity index (χ0v) is 12.8. The first-order chi connectivity index (χ1) is 9.60. The molecular weight excluding hydrogens is 272 g/mol. The van der Waals surface area contributed by atoms with Crippen LogP contribution in [-0.2, 0) is 24.2 Å². The standard InChI is InChI=1S/C15H22N2O2S/c1-4-7-14-16-12(10-15(18)19)13(20-14)11-17(8-5-2)9-6-3/h5-6H,2-4,7-11H2,1H3,(H,18,19). The molecule has 0 aliphatic heterocycles. The van der Waals surface area contributed by atoms with Crippen molar-refractivity contribution in [2.24, 2.45) is 0 Å². The minimum atomic E-state index is -0.835. The second-order valence-corrected chi connectivity index (χ2v) is 5.74. The quantitative estimate of drug-likeness (QED) is 0.674. The fourth-order valence-electron chi connectivity index (χ4n) is 1.93. The normalized spacial score (nSPS) is 10.7. The van der Waals surface area contributed by atoms with Gasteiger partial charge in [0, 0.05) is 24.5 Å². The van der Waals surface area contributed by atoms with E-state index < -0.39 is 5.97 Å². The van der Waals surface area contributed by atoms with Crippen LogP contribution in [0.4, 0.5) is 0 Å². The average Bonchev–Trinajstić information content (AvgIpc) is 2.71. The molecular formula is C15H22N2O2S. The highest BCUT2D eigenvalue weighted by Gasteiger charge is 2.15. The van der Waals surface area contributed by atoms with Gasteiger partial charge < -0.3 is 5.11 Å². The molecule has 110 valence electrons. The summed E-state index contributed by atoms with van der Waals surface area (Å²) in [6, 6.07) is 0. The molecule has 0 aliphatic rings. The smallest absolute Gasteiger partial charge is 0.309 e. The third kappa shape index (κ3) is 5.27. The van der Waals surface area contributed by atoms with Crippen molar-refractivity contribution in [2.75, 3.05) is 13.1 Å². The Labute approximate surface area is 124 Å². The third-order valence-corrected chi connectivity index (χ3v) is 3.89. The Morgan fingerprint density at radius 1 is 1.40 bits per heavy atom. The first kappa shape index (κ1) is 16.6. The van der Waals surface area contributed by atoms with E-state index in [-0.39, 0.29) is 6.42 Å². The maximum Gasteiger partial charge on any atom is 0.309 e. The van der Waals surface area contributed by atoms with Gasteiger partial charge in [-0.25, -0.2) is 4.98 Å². The molecule has 0 saturated heterocycles. The molecule has 1 aromatic heterocycles. The summed E-state index contributed by atoms with van der Waals surface area (Å²) in [7, 11) is 0. The third-order valence-electron chi connectivity index (χ3n) is 2.75. The van der Waals surface area contributed by atoms with Crippen molar-refractivity contribution < 1.29 is 9.90 Å². The average molecular weight is 294 g/mol. The summed E-state index contributed by atoms with van der Waals surface area (Å²) in [4.78, 5) is 18.6. The number of rotatable bonds is 10. The van der Waals surface area contributed by atoms with E-state index in [9.17, 15) is 4.79 Å². The molecule has 0 spiro atoms. The number of carboxylic acids is 1. The molecule has 0 radical (unpaired) electrons. The van der Waals surface area contributed by atoms with Crippen molar-refractivity contribution in [1.29, 1.82) is 0 Å². The summed E-state index contributed by atoms with van der Waals surface area (Å²) in [6.07, 6.45) is 5.59. The number of aliphatic carboxylic acids is 1. The predicted molar refractivity (Wildman–Crippen MR) is 83.1 cm³/mol. The fourth-order valence-corrected chi connectivity index (χ4v) is 3.16. The van der Waals surface area contributed by atoms with Gasteiger partial charge >= 0.3 is 5.97 Å². The van der Waals surface area contributed by atoms with Crippen molar-refractivity contribution in [3.05, 3.63) is 40.9 Å². The largest absolute Gasteiger partial charge is 0.481 e. The highest BCUT2D eigenvalue weighted by Crippen LogP contribution is 2.22. The molecule has 5 heteroatoms. The molecule has 0 aromatic carbocycles. The number of hydrogen-bond donors (Lipinski definition) is 1. The van der Waals surface area contributed by atoms with Crippen molar-refractivity contribution in [2.45, 2.75) is 32.7 Å². The molecule has 1 N–H and O–H groups in total. The van der Waals surface area contributed by atoms with Gasteiger partial charge in [0.25, 0.3) is 0 Å². The Hall–Kier alpha value is -1.46. The SMILES string of the molecule is C=CCN(CC=C)Cc1sc(CCC)nc1CC(=O)O. The summed E-state index contributed by atoms with van der Waals surface area (Å²) >= 11 is 1.62. The van der Waals surface area contributed by atoms with E-state index in [1.165, 1.54) is 0 Å². The van der Waals surface area contributed by atoms with Crippen molar-refractivity contribution in [3.63, 3.8) is 0 Å². The Morgan fingerprint density at radius 2 is 2.05 bits per heavy atom. The summed E-state index contributed by atoms with van der Waals surface area (Å²) < 4.78 is 0. The number of carboxylic acid groups (broad SMARTS) is 1. The fraction of sp³-hybridized carbons (Fsp3) is 0.467. The topological polar surface area (TPSA) is 53.4 Å². The van der Waals surface area contributed by atoms with Gasteiger partial charge in [-0.15, -0.1) is 24.5 Å². The van der Waals surface area contributed by atoms with Crippen LogP contribution >= 0.6 is 11.3 Å². The van der Waals surface area contributed by atoms with Crippen LogP contribution in [0.15, 0.2) is 25.3 Å². The molecule has 1 heterocycles. The number of aromatic nitrogens is 1. The zero-order chi connectivity index (χ0) is 15.0. The molecule has 0 bridgehead atoms.